The van der Waals surface area contributed by atoms with E-state index in [1.807, 2.05) is 0 Å². The van der Waals surface area contributed by atoms with Crippen molar-refractivity contribution in [1.29, 1.82) is 0 Å². The Kier molecular flexibility index (Phi) is 4.03. The average Bonchev–Trinajstić information content (AvgIpc) is 2.28. The normalized spacial score (nSPS) is 13.1. The molecule has 1 aromatic rings. The standard InChI is InChI=1S/C10H13NO4S/c1-8(10(12)11-13)7-16(14,15)9-5-3-2-4-6-9/h2-6,8,13H,7H2,1H3,(H,11,12). The molecular formula is C10H13NO4S. The van der Waals surface area contributed by atoms with Crippen LogP contribution in [0.4, 0.5) is 0 Å². The molecule has 0 aliphatic carbocycles. The number of rotatable bonds is 4. The second-order valence-electron chi connectivity index (χ2n) is 3.47. The fourth-order valence-corrected chi connectivity index (χ4v) is 2.81. The first-order valence-electron chi connectivity index (χ1n) is 4.69. The minimum atomic E-state index is -3.49. The van der Waals surface area contributed by atoms with Gasteiger partial charge in [0.2, 0.25) is 5.91 Å². The zero-order valence-electron chi connectivity index (χ0n) is 8.75. The van der Waals surface area contributed by atoms with E-state index in [4.69, 9.17) is 5.21 Å². The summed E-state index contributed by atoms with van der Waals surface area (Å²) in [5, 5.41) is 8.38. The van der Waals surface area contributed by atoms with Gasteiger partial charge < -0.3 is 0 Å². The quantitative estimate of drug-likeness (QED) is 0.599. The van der Waals surface area contributed by atoms with E-state index in [2.05, 4.69) is 0 Å². The van der Waals surface area contributed by atoms with E-state index in [1.54, 1.807) is 18.2 Å². The molecule has 16 heavy (non-hydrogen) atoms. The van der Waals surface area contributed by atoms with E-state index < -0.39 is 21.7 Å². The summed E-state index contributed by atoms with van der Waals surface area (Å²) in [4.78, 5) is 11.2. The van der Waals surface area contributed by atoms with E-state index >= 15 is 0 Å². The van der Waals surface area contributed by atoms with Crippen molar-refractivity contribution in [2.45, 2.75) is 11.8 Å². The lowest BCUT2D eigenvalue weighted by molar-refractivity contribution is -0.132. The zero-order chi connectivity index (χ0) is 12.2. The maximum Gasteiger partial charge on any atom is 0.247 e. The van der Waals surface area contributed by atoms with Gasteiger partial charge in [0.25, 0.3) is 0 Å². The van der Waals surface area contributed by atoms with Crippen molar-refractivity contribution in [2.24, 2.45) is 5.92 Å². The van der Waals surface area contributed by atoms with Crippen molar-refractivity contribution in [2.75, 3.05) is 5.75 Å². The molecule has 0 aliphatic heterocycles. The average molecular weight is 243 g/mol. The Morgan fingerprint density at radius 2 is 1.94 bits per heavy atom. The summed E-state index contributed by atoms with van der Waals surface area (Å²) in [6, 6.07) is 7.88. The van der Waals surface area contributed by atoms with Gasteiger partial charge in [-0.3, -0.25) is 10.0 Å². The molecule has 5 nitrogen and oxygen atoms in total. The minimum Gasteiger partial charge on any atom is -0.289 e. The lowest BCUT2D eigenvalue weighted by Gasteiger charge is -2.09. The van der Waals surface area contributed by atoms with Crippen LogP contribution in [0.2, 0.25) is 0 Å². The van der Waals surface area contributed by atoms with Gasteiger partial charge in [-0.1, -0.05) is 25.1 Å². The van der Waals surface area contributed by atoms with Crippen LogP contribution in [0.3, 0.4) is 0 Å². The Bertz CT molecular complexity index is 455. The lowest BCUT2D eigenvalue weighted by atomic mass is 10.2. The monoisotopic (exact) mass is 243 g/mol. The van der Waals surface area contributed by atoms with Gasteiger partial charge in [0.05, 0.1) is 16.6 Å². The van der Waals surface area contributed by atoms with Gasteiger partial charge in [-0.05, 0) is 12.1 Å². The second-order valence-corrected chi connectivity index (χ2v) is 5.51. The molecule has 2 N–H and O–H groups in total. The summed E-state index contributed by atoms with van der Waals surface area (Å²) >= 11 is 0. The summed E-state index contributed by atoms with van der Waals surface area (Å²) in [7, 11) is -3.49. The van der Waals surface area contributed by atoms with Crippen molar-refractivity contribution in [1.82, 2.24) is 5.48 Å². The summed E-state index contributed by atoms with van der Waals surface area (Å²) in [5.74, 6) is -1.83. The Morgan fingerprint density at radius 3 is 2.44 bits per heavy atom. The molecule has 0 spiro atoms. The highest BCUT2D eigenvalue weighted by Gasteiger charge is 2.22. The van der Waals surface area contributed by atoms with E-state index in [9.17, 15) is 13.2 Å². The molecule has 0 saturated carbocycles. The minimum absolute atomic E-state index is 0.174. The predicted molar refractivity (Wildman–Crippen MR) is 57.6 cm³/mol. The largest absolute Gasteiger partial charge is 0.289 e. The Labute approximate surface area is 94.0 Å². The van der Waals surface area contributed by atoms with Crippen LogP contribution in [-0.4, -0.2) is 25.3 Å². The number of hydrogen-bond acceptors (Lipinski definition) is 4. The molecule has 1 aromatic carbocycles. The van der Waals surface area contributed by atoms with Crippen LogP contribution in [0, 0.1) is 5.92 Å². The van der Waals surface area contributed by atoms with Gasteiger partial charge in [-0.15, -0.1) is 0 Å². The molecule has 1 rings (SSSR count). The van der Waals surface area contributed by atoms with Crippen LogP contribution in [0.25, 0.3) is 0 Å². The third-order valence-electron chi connectivity index (χ3n) is 2.13. The first-order chi connectivity index (χ1) is 7.47. The molecule has 0 heterocycles. The second kappa shape index (κ2) is 5.09. The number of amides is 1. The maximum absolute atomic E-state index is 11.8. The first-order valence-corrected chi connectivity index (χ1v) is 6.34. The molecule has 0 fully saturated rings. The highest BCUT2D eigenvalue weighted by Crippen LogP contribution is 2.13. The molecule has 0 saturated heterocycles. The van der Waals surface area contributed by atoms with Crippen LogP contribution >= 0.6 is 0 Å². The molecule has 0 aromatic heterocycles. The zero-order valence-corrected chi connectivity index (χ0v) is 9.57. The SMILES string of the molecule is CC(CS(=O)(=O)c1ccccc1)C(=O)NO. The number of hydroxylamine groups is 1. The number of hydrogen-bond donors (Lipinski definition) is 2. The van der Waals surface area contributed by atoms with Crippen molar-refractivity contribution in [3.63, 3.8) is 0 Å². The molecule has 1 atom stereocenters. The third-order valence-corrected chi connectivity index (χ3v) is 4.06. The van der Waals surface area contributed by atoms with E-state index in [0.29, 0.717) is 0 Å². The molecule has 0 bridgehead atoms. The van der Waals surface area contributed by atoms with Gasteiger partial charge in [-0.2, -0.15) is 0 Å². The summed E-state index contributed by atoms with van der Waals surface area (Å²) in [6.45, 7) is 1.44. The molecule has 88 valence electrons. The van der Waals surface area contributed by atoms with Gasteiger partial charge in [0.1, 0.15) is 0 Å². The molecule has 0 aliphatic rings. The number of sulfone groups is 1. The summed E-state index contributed by atoms with van der Waals surface area (Å²) in [5.41, 5.74) is 1.44. The van der Waals surface area contributed by atoms with Crippen molar-refractivity contribution in [3.05, 3.63) is 30.3 Å². The van der Waals surface area contributed by atoms with Crippen LogP contribution in [-0.2, 0) is 14.6 Å². The molecule has 6 heteroatoms. The number of carbonyl (C=O) groups is 1. The van der Waals surface area contributed by atoms with Crippen molar-refractivity contribution < 1.29 is 18.4 Å². The lowest BCUT2D eigenvalue weighted by Crippen LogP contribution is -2.30. The smallest absolute Gasteiger partial charge is 0.247 e. The van der Waals surface area contributed by atoms with Crippen LogP contribution < -0.4 is 5.48 Å². The molecule has 1 unspecified atom stereocenters. The Hall–Kier alpha value is -1.40. The number of benzene rings is 1. The fraction of sp³-hybridized carbons (Fsp3) is 0.300. The molecule has 1 amide bonds. The topological polar surface area (TPSA) is 83.5 Å². The predicted octanol–water partition coefficient (Wildman–Crippen LogP) is 0.602. The van der Waals surface area contributed by atoms with E-state index in [1.165, 1.54) is 24.5 Å². The van der Waals surface area contributed by atoms with Crippen molar-refractivity contribution >= 4 is 15.7 Å². The summed E-state index contributed by atoms with van der Waals surface area (Å²) in [6.07, 6.45) is 0. The van der Waals surface area contributed by atoms with Crippen LogP contribution in [0.5, 0.6) is 0 Å². The summed E-state index contributed by atoms with van der Waals surface area (Å²) < 4.78 is 23.6. The van der Waals surface area contributed by atoms with E-state index in [0.717, 1.165) is 0 Å². The number of carbonyl (C=O) groups excluding carboxylic acids is 1. The molecular weight excluding hydrogens is 230 g/mol. The molecule has 0 radical (unpaired) electrons. The van der Waals surface area contributed by atoms with Gasteiger partial charge >= 0.3 is 0 Å². The van der Waals surface area contributed by atoms with E-state index in [-0.39, 0.29) is 10.6 Å². The highest BCUT2D eigenvalue weighted by atomic mass is 32.2. The van der Waals surface area contributed by atoms with Gasteiger partial charge in [-0.25, -0.2) is 13.9 Å². The van der Waals surface area contributed by atoms with Crippen molar-refractivity contribution in [3.8, 4) is 0 Å². The Balaban J connectivity index is 2.85. The Morgan fingerprint density at radius 1 is 1.38 bits per heavy atom. The fourth-order valence-electron chi connectivity index (χ4n) is 1.24. The first kappa shape index (κ1) is 12.7. The third kappa shape index (κ3) is 3.04. The van der Waals surface area contributed by atoms with Gasteiger partial charge in [0, 0.05) is 0 Å². The number of nitrogens with one attached hydrogen (secondary N) is 1. The van der Waals surface area contributed by atoms with Crippen LogP contribution in [0.15, 0.2) is 35.2 Å². The maximum atomic E-state index is 11.8. The van der Waals surface area contributed by atoms with Gasteiger partial charge in [0.15, 0.2) is 9.84 Å². The van der Waals surface area contributed by atoms with Crippen LogP contribution in [0.1, 0.15) is 6.92 Å². The highest BCUT2D eigenvalue weighted by molar-refractivity contribution is 7.91.